The monoisotopic (exact) mass is 271 g/mol. The summed E-state index contributed by atoms with van der Waals surface area (Å²) in [7, 11) is 0. The minimum atomic E-state index is 0.531. The van der Waals surface area contributed by atoms with Crippen LogP contribution in [0.25, 0.3) is 11.4 Å². The Hall–Kier alpha value is -2.02. The van der Waals surface area contributed by atoms with Gasteiger partial charge >= 0.3 is 0 Å². The molecule has 2 fully saturated rings. The number of rotatable bonds is 2. The number of H-pyrrole nitrogens is 1. The van der Waals surface area contributed by atoms with Crippen molar-refractivity contribution in [3.05, 3.63) is 18.5 Å². The molecule has 2 N–H and O–H groups in total. The van der Waals surface area contributed by atoms with Gasteiger partial charge in [0.05, 0.1) is 12.4 Å². The Morgan fingerprint density at radius 3 is 3.15 bits per heavy atom. The number of piperidine rings is 1. The highest BCUT2D eigenvalue weighted by Gasteiger charge is 2.36. The van der Waals surface area contributed by atoms with Crippen molar-refractivity contribution in [2.24, 2.45) is 5.92 Å². The van der Waals surface area contributed by atoms with Crippen LogP contribution in [0.15, 0.2) is 18.5 Å². The molecular weight excluding hydrogens is 254 g/mol. The highest BCUT2D eigenvalue weighted by molar-refractivity contribution is 5.54. The highest BCUT2D eigenvalue weighted by Crippen LogP contribution is 2.29. The van der Waals surface area contributed by atoms with Crippen molar-refractivity contribution in [3.63, 3.8) is 0 Å². The Bertz CT molecular complexity index is 581. The van der Waals surface area contributed by atoms with Gasteiger partial charge in [-0.1, -0.05) is 0 Å². The SMILES string of the molecule is c1cc(-c2nc(N3CCCC4CNCC43)n[nH]2)cnn1. The van der Waals surface area contributed by atoms with Gasteiger partial charge in [-0.25, -0.2) is 0 Å². The molecule has 7 nitrogen and oxygen atoms in total. The average Bonchev–Trinajstić information content (AvgIpc) is 3.17. The molecule has 0 bridgehead atoms. The van der Waals surface area contributed by atoms with Crippen LogP contribution >= 0.6 is 0 Å². The molecule has 7 heteroatoms. The molecule has 2 aliphatic rings. The fraction of sp³-hybridized carbons (Fsp3) is 0.538. The Morgan fingerprint density at radius 2 is 2.25 bits per heavy atom. The Balaban J connectivity index is 1.61. The molecule has 2 aromatic heterocycles. The van der Waals surface area contributed by atoms with E-state index in [0.717, 1.165) is 42.9 Å². The molecule has 104 valence electrons. The van der Waals surface area contributed by atoms with Crippen LogP contribution in [0.4, 0.5) is 5.95 Å². The fourth-order valence-electron chi connectivity index (χ4n) is 3.26. The van der Waals surface area contributed by atoms with Crippen molar-refractivity contribution in [1.29, 1.82) is 0 Å². The van der Waals surface area contributed by atoms with E-state index in [9.17, 15) is 0 Å². The minimum Gasteiger partial charge on any atom is -0.335 e. The van der Waals surface area contributed by atoms with E-state index in [1.54, 1.807) is 12.4 Å². The quantitative estimate of drug-likeness (QED) is 0.825. The molecule has 0 radical (unpaired) electrons. The molecule has 0 spiro atoms. The van der Waals surface area contributed by atoms with Crippen molar-refractivity contribution in [3.8, 4) is 11.4 Å². The Morgan fingerprint density at radius 1 is 1.25 bits per heavy atom. The first kappa shape index (κ1) is 11.8. The van der Waals surface area contributed by atoms with Gasteiger partial charge in [0.15, 0.2) is 5.82 Å². The molecular formula is C13H17N7. The number of nitrogens with one attached hydrogen (secondary N) is 2. The van der Waals surface area contributed by atoms with E-state index in [1.165, 1.54) is 12.8 Å². The maximum atomic E-state index is 4.63. The third kappa shape index (κ3) is 1.94. The summed E-state index contributed by atoms with van der Waals surface area (Å²) in [5, 5.41) is 18.5. The zero-order valence-electron chi connectivity index (χ0n) is 11.2. The van der Waals surface area contributed by atoms with E-state index < -0.39 is 0 Å². The third-order valence-electron chi connectivity index (χ3n) is 4.27. The van der Waals surface area contributed by atoms with Gasteiger partial charge in [-0.2, -0.15) is 15.2 Å². The summed E-state index contributed by atoms with van der Waals surface area (Å²) in [4.78, 5) is 6.96. The number of aromatic nitrogens is 5. The first-order chi connectivity index (χ1) is 9.92. The summed E-state index contributed by atoms with van der Waals surface area (Å²) < 4.78 is 0. The molecule has 0 aromatic carbocycles. The number of nitrogens with zero attached hydrogens (tertiary/aromatic N) is 5. The number of aromatic amines is 1. The minimum absolute atomic E-state index is 0.531. The zero-order valence-corrected chi connectivity index (χ0v) is 11.2. The molecule has 2 saturated heterocycles. The summed E-state index contributed by atoms with van der Waals surface area (Å²) in [6.45, 7) is 3.19. The Kier molecular flexibility index (Phi) is 2.84. The van der Waals surface area contributed by atoms with E-state index in [2.05, 4.69) is 35.6 Å². The molecule has 0 saturated carbocycles. The topological polar surface area (TPSA) is 82.6 Å². The molecule has 2 unspecified atom stereocenters. The summed E-state index contributed by atoms with van der Waals surface area (Å²) in [6, 6.07) is 2.41. The number of anilines is 1. The van der Waals surface area contributed by atoms with Gasteiger partial charge in [0, 0.05) is 31.2 Å². The zero-order chi connectivity index (χ0) is 13.4. The van der Waals surface area contributed by atoms with E-state index in [1.807, 2.05) is 6.07 Å². The smallest absolute Gasteiger partial charge is 0.245 e. The normalized spacial score (nSPS) is 25.7. The van der Waals surface area contributed by atoms with Crippen LogP contribution in [-0.2, 0) is 0 Å². The van der Waals surface area contributed by atoms with Crippen LogP contribution < -0.4 is 10.2 Å². The average molecular weight is 271 g/mol. The molecule has 2 aromatic rings. The van der Waals surface area contributed by atoms with Crippen molar-refractivity contribution >= 4 is 5.95 Å². The van der Waals surface area contributed by atoms with Crippen LogP contribution in [0.5, 0.6) is 0 Å². The molecule has 0 amide bonds. The Labute approximate surface area is 116 Å². The predicted octanol–water partition coefficient (Wildman–Crippen LogP) is 0.450. The van der Waals surface area contributed by atoms with Gasteiger partial charge in [-0.05, 0) is 24.8 Å². The summed E-state index contributed by atoms with van der Waals surface area (Å²) in [5.41, 5.74) is 0.914. The summed E-state index contributed by atoms with van der Waals surface area (Å²) in [5.74, 6) is 2.28. The van der Waals surface area contributed by atoms with E-state index in [0.29, 0.717) is 6.04 Å². The van der Waals surface area contributed by atoms with Crippen LogP contribution in [0.3, 0.4) is 0 Å². The van der Waals surface area contributed by atoms with Gasteiger partial charge in [-0.15, -0.1) is 5.10 Å². The second-order valence-corrected chi connectivity index (χ2v) is 5.44. The molecule has 4 heterocycles. The van der Waals surface area contributed by atoms with E-state index in [4.69, 9.17) is 0 Å². The van der Waals surface area contributed by atoms with Crippen LogP contribution in [0, 0.1) is 5.92 Å². The van der Waals surface area contributed by atoms with Crippen molar-refractivity contribution < 1.29 is 0 Å². The summed E-state index contributed by atoms with van der Waals surface area (Å²) >= 11 is 0. The van der Waals surface area contributed by atoms with Crippen molar-refractivity contribution in [1.82, 2.24) is 30.7 Å². The maximum absolute atomic E-state index is 4.63. The highest BCUT2D eigenvalue weighted by atomic mass is 15.4. The summed E-state index contributed by atoms with van der Waals surface area (Å²) in [6.07, 6.45) is 5.87. The van der Waals surface area contributed by atoms with Gasteiger partial charge in [-0.3, -0.25) is 5.10 Å². The van der Waals surface area contributed by atoms with E-state index >= 15 is 0 Å². The van der Waals surface area contributed by atoms with Crippen LogP contribution in [0.2, 0.25) is 0 Å². The van der Waals surface area contributed by atoms with Gasteiger partial charge in [0.1, 0.15) is 0 Å². The lowest BCUT2D eigenvalue weighted by molar-refractivity contribution is 0.381. The third-order valence-corrected chi connectivity index (χ3v) is 4.27. The van der Waals surface area contributed by atoms with Gasteiger partial charge in [0.25, 0.3) is 0 Å². The number of hydrogen-bond acceptors (Lipinski definition) is 6. The number of hydrogen-bond donors (Lipinski definition) is 2. The van der Waals surface area contributed by atoms with Gasteiger partial charge in [0.2, 0.25) is 5.95 Å². The van der Waals surface area contributed by atoms with Crippen molar-refractivity contribution in [2.45, 2.75) is 18.9 Å². The number of fused-ring (bicyclic) bond motifs is 1. The standard InChI is InChI=1S/C13H17N7/c1-2-9-6-14-8-11(9)20(5-1)13-17-12(18-19-13)10-3-4-15-16-7-10/h3-4,7,9,11,14H,1-2,5-6,8H2,(H,17,18,19). The van der Waals surface area contributed by atoms with Crippen molar-refractivity contribution in [2.75, 3.05) is 24.5 Å². The lowest BCUT2D eigenvalue weighted by atomic mass is 9.92. The predicted molar refractivity (Wildman–Crippen MR) is 74.1 cm³/mol. The molecule has 20 heavy (non-hydrogen) atoms. The maximum Gasteiger partial charge on any atom is 0.245 e. The first-order valence-corrected chi connectivity index (χ1v) is 7.08. The fourth-order valence-corrected chi connectivity index (χ4v) is 3.26. The second-order valence-electron chi connectivity index (χ2n) is 5.44. The first-order valence-electron chi connectivity index (χ1n) is 7.08. The largest absolute Gasteiger partial charge is 0.335 e. The lowest BCUT2D eigenvalue weighted by Crippen LogP contribution is -2.45. The van der Waals surface area contributed by atoms with E-state index in [-0.39, 0.29) is 0 Å². The molecule has 2 aliphatic heterocycles. The van der Waals surface area contributed by atoms with Gasteiger partial charge < -0.3 is 10.2 Å². The van der Waals surface area contributed by atoms with Crippen LogP contribution in [0.1, 0.15) is 12.8 Å². The molecule has 2 atom stereocenters. The second kappa shape index (κ2) is 4.82. The lowest BCUT2D eigenvalue weighted by Gasteiger charge is -2.36. The van der Waals surface area contributed by atoms with Crippen LogP contribution in [-0.4, -0.2) is 51.1 Å². The molecule has 0 aliphatic carbocycles. The molecule has 4 rings (SSSR count).